The summed E-state index contributed by atoms with van der Waals surface area (Å²) in [6, 6.07) is 0. The van der Waals surface area contributed by atoms with E-state index in [1.54, 1.807) is 0 Å². The number of fused-ring (bicyclic) bond motifs is 1. The second-order valence-electron chi connectivity index (χ2n) is 3.74. The molecular formula is C8H10O3. The van der Waals surface area contributed by atoms with Gasteiger partial charge in [0, 0.05) is 5.92 Å². The monoisotopic (exact) mass is 154 g/mol. The Kier molecular flexibility index (Phi) is 0.876. The van der Waals surface area contributed by atoms with Gasteiger partial charge in [0.25, 0.3) is 0 Å². The third-order valence-electron chi connectivity index (χ3n) is 3.20. The minimum Gasteiger partial charge on any atom is -0.459 e. The van der Waals surface area contributed by atoms with Gasteiger partial charge in [0.1, 0.15) is 12.2 Å². The molecule has 11 heavy (non-hydrogen) atoms. The Morgan fingerprint density at radius 2 is 2.27 bits per heavy atom. The standard InChI is InChI=1S/C8H10O3/c1-3-5-2-4-7(10-5)6(3)11-8(4)9/h3-7H,2H2,1H3/t3?,4?,5-,6?,7?/m0/s1. The molecule has 0 aromatic rings. The highest BCUT2D eigenvalue weighted by Gasteiger charge is 2.61. The van der Waals surface area contributed by atoms with Gasteiger partial charge in [-0.3, -0.25) is 4.79 Å². The van der Waals surface area contributed by atoms with Crippen LogP contribution in [0.2, 0.25) is 0 Å². The molecule has 2 bridgehead atoms. The molecule has 5 atom stereocenters. The van der Waals surface area contributed by atoms with E-state index < -0.39 is 0 Å². The van der Waals surface area contributed by atoms with Crippen molar-refractivity contribution in [2.45, 2.75) is 31.7 Å². The quantitative estimate of drug-likeness (QED) is 0.472. The van der Waals surface area contributed by atoms with Gasteiger partial charge in [0.15, 0.2) is 0 Å². The number of hydrogen-bond donors (Lipinski definition) is 0. The fourth-order valence-corrected chi connectivity index (χ4v) is 2.52. The van der Waals surface area contributed by atoms with E-state index in [-0.39, 0.29) is 24.1 Å². The molecule has 0 N–H and O–H groups in total. The zero-order valence-corrected chi connectivity index (χ0v) is 6.32. The van der Waals surface area contributed by atoms with E-state index in [0.717, 1.165) is 6.42 Å². The molecule has 3 saturated heterocycles. The summed E-state index contributed by atoms with van der Waals surface area (Å²) >= 11 is 0. The van der Waals surface area contributed by atoms with Crippen LogP contribution < -0.4 is 0 Å². The predicted octanol–water partition coefficient (Wildman–Crippen LogP) is 0.335. The first-order valence-electron chi connectivity index (χ1n) is 4.13. The van der Waals surface area contributed by atoms with Crippen molar-refractivity contribution in [2.75, 3.05) is 0 Å². The SMILES string of the molecule is CC1C2OC(=O)C3C[C@@H]1OC32. The molecule has 3 rings (SSSR count). The largest absolute Gasteiger partial charge is 0.459 e. The van der Waals surface area contributed by atoms with Crippen LogP contribution in [0.5, 0.6) is 0 Å². The molecule has 3 aliphatic rings. The summed E-state index contributed by atoms with van der Waals surface area (Å²) < 4.78 is 10.8. The molecule has 0 radical (unpaired) electrons. The fraction of sp³-hybridized carbons (Fsp3) is 0.875. The lowest BCUT2D eigenvalue weighted by atomic mass is 9.83. The van der Waals surface area contributed by atoms with Crippen LogP contribution in [0.1, 0.15) is 13.3 Å². The molecule has 0 aliphatic carbocycles. The van der Waals surface area contributed by atoms with Crippen LogP contribution in [0, 0.1) is 11.8 Å². The smallest absolute Gasteiger partial charge is 0.312 e. The molecule has 0 aromatic heterocycles. The van der Waals surface area contributed by atoms with E-state index in [4.69, 9.17) is 9.47 Å². The first-order chi connectivity index (χ1) is 5.27. The number of hydrogen-bond acceptors (Lipinski definition) is 3. The number of rotatable bonds is 0. The average Bonchev–Trinajstić information content (AvgIpc) is 2.53. The lowest BCUT2D eigenvalue weighted by molar-refractivity contribution is -0.144. The van der Waals surface area contributed by atoms with E-state index in [9.17, 15) is 4.79 Å². The normalized spacial score (nSPS) is 58.6. The average molecular weight is 154 g/mol. The number of carbonyl (C=O) groups is 1. The summed E-state index contributed by atoms with van der Waals surface area (Å²) in [6.07, 6.45) is 1.36. The molecule has 3 heterocycles. The number of esters is 1. The van der Waals surface area contributed by atoms with Crippen molar-refractivity contribution in [3.05, 3.63) is 0 Å². The molecule has 0 saturated carbocycles. The van der Waals surface area contributed by atoms with E-state index in [2.05, 4.69) is 6.92 Å². The molecule has 3 fully saturated rings. The van der Waals surface area contributed by atoms with Crippen LogP contribution in [0.25, 0.3) is 0 Å². The summed E-state index contributed by atoms with van der Waals surface area (Å²) in [5.41, 5.74) is 0. The summed E-state index contributed by atoms with van der Waals surface area (Å²) in [7, 11) is 0. The van der Waals surface area contributed by atoms with Crippen molar-refractivity contribution >= 4 is 5.97 Å². The van der Waals surface area contributed by atoms with E-state index >= 15 is 0 Å². The van der Waals surface area contributed by atoms with Gasteiger partial charge in [-0.15, -0.1) is 0 Å². The Morgan fingerprint density at radius 1 is 1.45 bits per heavy atom. The molecule has 3 heteroatoms. The topological polar surface area (TPSA) is 35.5 Å². The van der Waals surface area contributed by atoms with E-state index in [1.165, 1.54) is 0 Å². The molecule has 0 amide bonds. The lowest BCUT2D eigenvalue weighted by Gasteiger charge is -2.16. The van der Waals surface area contributed by atoms with E-state index in [0.29, 0.717) is 12.0 Å². The van der Waals surface area contributed by atoms with Crippen LogP contribution in [-0.4, -0.2) is 24.3 Å². The highest BCUT2D eigenvalue weighted by Crippen LogP contribution is 2.48. The number of ether oxygens (including phenoxy) is 2. The summed E-state index contributed by atoms with van der Waals surface area (Å²) in [4.78, 5) is 11.1. The van der Waals surface area contributed by atoms with E-state index in [1.807, 2.05) is 0 Å². The Morgan fingerprint density at radius 3 is 2.91 bits per heavy atom. The van der Waals surface area contributed by atoms with Crippen LogP contribution in [-0.2, 0) is 14.3 Å². The maximum absolute atomic E-state index is 11.1. The third-order valence-corrected chi connectivity index (χ3v) is 3.20. The van der Waals surface area contributed by atoms with Gasteiger partial charge in [0.2, 0.25) is 0 Å². The lowest BCUT2D eigenvalue weighted by Crippen LogP contribution is -2.29. The van der Waals surface area contributed by atoms with Gasteiger partial charge in [-0.25, -0.2) is 0 Å². The Labute approximate surface area is 64.7 Å². The minimum absolute atomic E-state index is 0.0353. The van der Waals surface area contributed by atoms with Crippen molar-refractivity contribution in [1.82, 2.24) is 0 Å². The summed E-state index contributed by atoms with van der Waals surface area (Å²) in [6.45, 7) is 2.10. The molecule has 4 unspecified atom stereocenters. The number of carbonyl (C=O) groups excluding carboxylic acids is 1. The van der Waals surface area contributed by atoms with Crippen molar-refractivity contribution in [3.63, 3.8) is 0 Å². The first kappa shape index (κ1) is 6.00. The first-order valence-corrected chi connectivity index (χ1v) is 4.13. The van der Waals surface area contributed by atoms with Gasteiger partial charge in [-0.1, -0.05) is 6.92 Å². The molecule has 3 aliphatic heterocycles. The van der Waals surface area contributed by atoms with Gasteiger partial charge < -0.3 is 9.47 Å². The minimum atomic E-state index is -0.0353. The molecule has 60 valence electrons. The zero-order valence-electron chi connectivity index (χ0n) is 6.32. The van der Waals surface area contributed by atoms with Crippen LogP contribution in [0.4, 0.5) is 0 Å². The maximum Gasteiger partial charge on any atom is 0.312 e. The fourth-order valence-electron chi connectivity index (χ4n) is 2.52. The predicted molar refractivity (Wildman–Crippen MR) is 35.8 cm³/mol. The van der Waals surface area contributed by atoms with Crippen LogP contribution in [0.3, 0.4) is 0 Å². The van der Waals surface area contributed by atoms with Gasteiger partial charge >= 0.3 is 5.97 Å². The van der Waals surface area contributed by atoms with Gasteiger partial charge in [-0.2, -0.15) is 0 Å². The Hall–Kier alpha value is -0.570. The highest BCUT2D eigenvalue weighted by molar-refractivity contribution is 5.77. The molecular weight excluding hydrogens is 144 g/mol. The summed E-state index contributed by atoms with van der Waals surface area (Å²) in [5, 5.41) is 0. The second-order valence-corrected chi connectivity index (χ2v) is 3.74. The van der Waals surface area contributed by atoms with Gasteiger partial charge in [-0.05, 0) is 6.42 Å². The van der Waals surface area contributed by atoms with Gasteiger partial charge in [0.05, 0.1) is 12.0 Å². The zero-order chi connectivity index (χ0) is 7.59. The van der Waals surface area contributed by atoms with Crippen LogP contribution in [0.15, 0.2) is 0 Å². The van der Waals surface area contributed by atoms with Crippen LogP contribution >= 0.6 is 0 Å². The van der Waals surface area contributed by atoms with Crippen molar-refractivity contribution in [3.8, 4) is 0 Å². The second kappa shape index (κ2) is 1.61. The van der Waals surface area contributed by atoms with Crippen molar-refractivity contribution < 1.29 is 14.3 Å². The maximum atomic E-state index is 11.1. The van der Waals surface area contributed by atoms with Crippen molar-refractivity contribution in [2.24, 2.45) is 11.8 Å². The Bertz CT molecular complexity index is 225. The molecule has 0 spiro atoms. The van der Waals surface area contributed by atoms with Crippen molar-refractivity contribution in [1.29, 1.82) is 0 Å². The molecule has 0 aromatic carbocycles. The summed E-state index contributed by atoms with van der Waals surface area (Å²) in [5.74, 6) is 0.454. The third kappa shape index (κ3) is 0.527. The highest BCUT2D eigenvalue weighted by atomic mass is 16.6. The molecule has 3 nitrogen and oxygen atoms in total. The Balaban J connectivity index is 2.04.